The van der Waals surface area contributed by atoms with Crippen molar-refractivity contribution in [2.24, 2.45) is 0 Å². The highest BCUT2D eigenvalue weighted by Crippen LogP contribution is 2.13. The summed E-state index contributed by atoms with van der Waals surface area (Å²) in [6.45, 7) is 4.63. The first-order chi connectivity index (χ1) is 8.70. The van der Waals surface area contributed by atoms with Crippen LogP contribution in [0.5, 0.6) is 0 Å². The molecular weight excluding hydrogens is 226 g/mol. The zero-order chi connectivity index (χ0) is 13.0. The van der Waals surface area contributed by atoms with Gasteiger partial charge in [-0.3, -0.25) is 4.79 Å². The molecule has 2 N–H and O–H groups in total. The predicted molar refractivity (Wildman–Crippen MR) is 73.8 cm³/mol. The summed E-state index contributed by atoms with van der Waals surface area (Å²) in [6, 6.07) is 7.65. The number of likely N-dealkylation sites (N-methyl/N-ethyl adjacent to an activating group) is 1. The first kappa shape index (κ1) is 12.6. The Morgan fingerprint density at radius 1 is 1.39 bits per heavy atom. The highest BCUT2D eigenvalue weighted by Gasteiger charge is 2.06. The lowest BCUT2D eigenvalue weighted by atomic mass is 10.1. The fourth-order valence-corrected chi connectivity index (χ4v) is 1.81. The first-order valence-corrected chi connectivity index (χ1v) is 6.24. The largest absolute Gasteiger partial charge is 0.361 e. The van der Waals surface area contributed by atoms with Crippen molar-refractivity contribution in [3.8, 4) is 0 Å². The van der Waals surface area contributed by atoms with Crippen molar-refractivity contribution < 1.29 is 4.79 Å². The lowest BCUT2D eigenvalue weighted by Gasteiger charge is -2.13. The minimum atomic E-state index is -0.0115. The van der Waals surface area contributed by atoms with E-state index in [9.17, 15) is 4.79 Å². The molecular formula is C14H19N3O. The molecule has 1 aromatic carbocycles. The van der Waals surface area contributed by atoms with Gasteiger partial charge in [0, 0.05) is 35.8 Å². The van der Waals surface area contributed by atoms with E-state index in [1.165, 1.54) is 0 Å². The second kappa shape index (κ2) is 5.69. The van der Waals surface area contributed by atoms with Gasteiger partial charge in [-0.1, -0.05) is 6.92 Å². The molecule has 0 unspecified atom stereocenters. The van der Waals surface area contributed by atoms with Crippen LogP contribution in [0.1, 0.15) is 17.3 Å². The van der Waals surface area contributed by atoms with Crippen molar-refractivity contribution in [3.05, 3.63) is 36.0 Å². The van der Waals surface area contributed by atoms with Crippen molar-refractivity contribution in [1.82, 2.24) is 15.2 Å². The van der Waals surface area contributed by atoms with Gasteiger partial charge in [0.15, 0.2) is 0 Å². The minimum absolute atomic E-state index is 0.0115. The number of rotatable bonds is 5. The van der Waals surface area contributed by atoms with Gasteiger partial charge in [0.05, 0.1) is 0 Å². The summed E-state index contributed by atoms with van der Waals surface area (Å²) in [5.41, 5.74) is 1.76. The van der Waals surface area contributed by atoms with Gasteiger partial charge >= 0.3 is 0 Å². The summed E-state index contributed by atoms with van der Waals surface area (Å²) < 4.78 is 0. The third-order valence-corrected chi connectivity index (χ3v) is 3.13. The summed E-state index contributed by atoms with van der Waals surface area (Å²) in [5.74, 6) is -0.0115. The lowest BCUT2D eigenvalue weighted by Crippen LogP contribution is -2.32. The summed E-state index contributed by atoms with van der Waals surface area (Å²) in [4.78, 5) is 17.2. The van der Waals surface area contributed by atoms with Gasteiger partial charge in [-0.25, -0.2) is 0 Å². The fraction of sp³-hybridized carbons (Fsp3) is 0.357. The Morgan fingerprint density at radius 2 is 2.22 bits per heavy atom. The molecule has 0 aliphatic carbocycles. The number of hydrogen-bond donors (Lipinski definition) is 2. The summed E-state index contributed by atoms with van der Waals surface area (Å²) in [6.07, 6.45) is 1.88. The second-order valence-corrected chi connectivity index (χ2v) is 4.43. The fourth-order valence-electron chi connectivity index (χ4n) is 1.81. The zero-order valence-corrected chi connectivity index (χ0v) is 10.9. The van der Waals surface area contributed by atoms with E-state index >= 15 is 0 Å². The molecule has 1 aromatic heterocycles. The van der Waals surface area contributed by atoms with Crippen LogP contribution >= 0.6 is 0 Å². The second-order valence-electron chi connectivity index (χ2n) is 4.43. The number of carbonyl (C=O) groups is 1. The number of carbonyl (C=O) groups excluding carboxylic acids is 1. The molecule has 0 aliphatic rings. The van der Waals surface area contributed by atoms with E-state index < -0.39 is 0 Å². The van der Waals surface area contributed by atoms with Gasteiger partial charge in [0.2, 0.25) is 0 Å². The number of aromatic amines is 1. The highest BCUT2D eigenvalue weighted by atomic mass is 16.1. The van der Waals surface area contributed by atoms with E-state index in [1.54, 1.807) is 0 Å². The van der Waals surface area contributed by atoms with Gasteiger partial charge in [0.1, 0.15) is 0 Å². The Morgan fingerprint density at radius 3 is 3.00 bits per heavy atom. The molecule has 0 spiro atoms. The van der Waals surface area contributed by atoms with E-state index in [4.69, 9.17) is 0 Å². The van der Waals surface area contributed by atoms with Crippen LogP contribution in [0.25, 0.3) is 10.9 Å². The van der Waals surface area contributed by atoms with Gasteiger partial charge in [0.25, 0.3) is 5.91 Å². The normalized spacial score (nSPS) is 11.1. The number of nitrogens with zero attached hydrogens (tertiary/aromatic N) is 1. The van der Waals surface area contributed by atoms with Crippen LogP contribution in [-0.2, 0) is 0 Å². The topological polar surface area (TPSA) is 48.1 Å². The van der Waals surface area contributed by atoms with Crippen molar-refractivity contribution in [2.75, 3.05) is 26.7 Å². The molecule has 96 valence electrons. The summed E-state index contributed by atoms with van der Waals surface area (Å²) in [5, 5.41) is 3.99. The molecule has 2 rings (SSSR count). The number of amides is 1. The molecule has 0 radical (unpaired) electrons. The molecule has 0 atom stereocenters. The molecule has 0 fully saturated rings. The van der Waals surface area contributed by atoms with E-state index in [-0.39, 0.29) is 5.91 Å². The zero-order valence-electron chi connectivity index (χ0n) is 10.9. The van der Waals surface area contributed by atoms with Gasteiger partial charge < -0.3 is 15.2 Å². The molecule has 0 saturated heterocycles. The molecule has 4 heteroatoms. The van der Waals surface area contributed by atoms with Gasteiger partial charge in [-0.05, 0) is 37.9 Å². The average molecular weight is 245 g/mol. The molecule has 0 saturated carbocycles. The maximum Gasteiger partial charge on any atom is 0.251 e. The molecule has 0 aliphatic heterocycles. The number of aromatic nitrogens is 1. The van der Waals surface area contributed by atoms with Crippen LogP contribution in [0.3, 0.4) is 0 Å². The molecule has 18 heavy (non-hydrogen) atoms. The summed E-state index contributed by atoms with van der Waals surface area (Å²) >= 11 is 0. The number of H-pyrrole nitrogens is 1. The van der Waals surface area contributed by atoms with Gasteiger partial charge in [-0.2, -0.15) is 0 Å². The van der Waals surface area contributed by atoms with Crippen molar-refractivity contribution in [2.45, 2.75) is 6.92 Å². The molecule has 0 bridgehead atoms. The number of nitrogens with one attached hydrogen (secondary N) is 2. The van der Waals surface area contributed by atoms with Crippen LogP contribution in [-0.4, -0.2) is 42.5 Å². The molecule has 1 heterocycles. The van der Waals surface area contributed by atoms with E-state index in [2.05, 4.69) is 22.1 Å². The third kappa shape index (κ3) is 2.90. The first-order valence-electron chi connectivity index (χ1n) is 6.24. The third-order valence-electron chi connectivity index (χ3n) is 3.13. The molecule has 4 nitrogen and oxygen atoms in total. The highest BCUT2D eigenvalue weighted by molar-refractivity contribution is 5.98. The van der Waals surface area contributed by atoms with Crippen LogP contribution in [0.15, 0.2) is 30.5 Å². The SMILES string of the molecule is CCN(C)CCNC(=O)c1ccc2[nH]ccc2c1. The lowest BCUT2D eigenvalue weighted by molar-refractivity contribution is 0.0950. The van der Waals surface area contributed by atoms with Crippen LogP contribution in [0, 0.1) is 0 Å². The quantitative estimate of drug-likeness (QED) is 0.844. The van der Waals surface area contributed by atoms with Gasteiger partial charge in [-0.15, -0.1) is 0 Å². The maximum absolute atomic E-state index is 11.9. The summed E-state index contributed by atoms with van der Waals surface area (Å²) in [7, 11) is 2.04. The number of benzene rings is 1. The van der Waals surface area contributed by atoms with E-state index in [0.717, 1.165) is 24.0 Å². The van der Waals surface area contributed by atoms with Crippen molar-refractivity contribution in [3.63, 3.8) is 0 Å². The standard InChI is InChI=1S/C14H19N3O/c1-3-17(2)9-8-16-14(18)12-4-5-13-11(10-12)6-7-15-13/h4-7,10,15H,3,8-9H2,1-2H3,(H,16,18). The average Bonchev–Trinajstić information content (AvgIpc) is 2.85. The number of fused-ring (bicyclic) bond motifs is 1. The molecule has 1 amide bonds. The van der Waals surface area contributed by atoms with E-state index in [0.29, 0.717) is 12.1 Å². The molecule has 2 aromatic rings. The van der Waals surface area contributed by atoms with Crippen molar-refractivity contribution in [1.29, 1.82) is 0 Å². The van der Waals surface area contributed by atoms with Crippen LogP contribution in [0.4, 0.5) is 0 Å². The Balaban J connectivity index is 1.95. The smallest absolute Gasteiger partial charge is 0.251 e. The van der Waals surface area contributed by atoms with Crippen molar-refractivity contribution >= 4 is 16.8 Å². The Kier molecular flexibility index (Phi) is 3.99. The predicted octanol–water partition coefficient (Wildman–Crippen LogP) is 1.85. The minimum Gasteiger partial charge on any atom is -0.361 e. The van der Waals surface area contributed by atoms with Crippen LogP contribution in [0.2, 0.25) is 0 Å². The Bertz CT molecular complexity index is 533. The monoisotopic (exact) mass is 245 g/mol. The number of hydrogen-bond acceptors (Lipinski definition) is 2. The Hall–Kier alpha value is -1.81. The van der Waals surface area contributed by atoms with E-state index in [1.807, 2.05) is 37.5 Å². The Labute approximate surface area is 107 Å². The maximum atomic E-state index is 11.9. The van der Waals surface area contributed by atoms with Crippen LogP contribution < -0.4 is 5.32 Å².